The van der Waals surface area contributed by atoms with E-state index in [2.05, 4.69) is 5.16 Å². The van der Waals surface area contributed by atoms with Gasteiger partial charge in [-0.3, -0.25) is 4.79 Å². The third-order valence-corrected chi connectivity index (χ3v) is 2.62. The first-order chi connectivity index (χ1) is 6.77. The number of nitrogens with zero attached hydrogens (tertiary/aromatic N) is 1. The Morgan fingerprint density at radius 2 is 2.07 bits per heavy atom. The summed E-state index contributed by atoms with van der Waals surface area (Å²) in [5, 5.41) is 11.8. The summed E-state index contributed by atoms with van der Waals surface area (Å²) in [4.78, 5) is 12.1. The Bertz CT molecular complexity index is 335. The molecule has 1 rings (SSSR count). The average molecular weight is 209 g/mol. The Morgan fingerprint density at radius 3 is 2.57 bits per heavy atom. The van der Waals surface area contributed by atoms with E-state index in [0.717, 1.165) is 4.90 Å². The third kappa shape index (κ3) is 2.88. The Morgan fingerprint density at radius 1 is 1.43 bits per heavy atom. The summed E-state index contributed by atoms with van der Waals surface area (Å²) < 4.78 is 0. The molecule has 3 nitrogen and oxygen atoms in total. The minimum absolute atomic E-state index is 0.138. The lowest BCUT2D eigenvalue weighted by atomic mass is 10.3. The predicted octanol–water partition coefficient (Wildman–Crippen LogP) is 2.55. The zero-order chi connectivity index (χ0) is 10.4. The maximum atomic E-state index is 11.2. The molecule has 0 aliphatic heterocycles. The van der Waals surface area contributed by atoms with Crippen molar-refractivity contribution in [3.63, 3.8) is 0 Å². The van der Waals surface area contributed by atoms with Crippen LogP contribution in [0.25, 0.3) is 0 Å². The van der Waals surface area contributed by atoms with Crippen molar-refractivity contribution in [1.29, 1.82) is 0 Å². The van der Waals surface area contributed by atoms with Gasteiger partial charge in [-0.1, -0.05) is 42.0 Å². The van der Waals surface area contributed by atoms with Gasteiger partial charge in [0.25, 0.3) is 0 Å². The number of hydrogen-bond acceptors (Lipinski definition) is 4. The molecule has 0 aromatic heterocycles. The molecule has 14 heavy (non-hydrogen) atoms. The molecule has 0 amide bonds. The molecular weight excluding hydrogens is 198 g/mol. The first-order valence-electron chi connectivity index (χ1n) is 4.26. The van der Waals surface area contributed by atoms with Crippen LogP contribution in [0.1, 0.15) is 13.3 Å². The molecule has 0 atom stereocenters. The molecule has 0 heterocycles. The van der Waals surface area contributed by atoms with Crippen LogP contribution in [0.5, 0.6) is 0 Å². The fraction of sp³-hybridized carbons (Fsp3) is 0.200. The lowest BCUT2D eigenvalue weighted by Crippen LogP contribution is -2.08. The fourth-order valence-electron chi connectivity index (χ4n) is 0.884. The van der Waals surface area contributed by atoms with Crippen LogP contribution in [0.2, 0.25) is 0 Å². The number of ketones is 1. The van der Waals surface area contributed by atoms with Gasteiger partial charge >= 0.3 is 0 Å². The SMILES string of the molecule is CCC(=O)/C(=N/O)Sc1ccccc1. The van der Waals surface area contributed by atoms with E-state index < -0.39 is 0 Å². The van der Waals surface area contributed by atoms with E-state index in [1.165, 1.54) is 11.8 Å². The molecule has 0 bridgehead atoms. The van der Waals surface area contributed by atoms with Crippen LogP contribution in [0.3, 0.4) is 0 Å². The van der Waals surface area contributed by atoms with Crippen molar-refractivity contribution >= 4 is 22.6 Å². The number of carbonyl (C=O) groups is 1. The summed E-state index contributed by atoms with van der Waals surface area (Å²) in [6.07, 6.45) is 0.346. The van der Waals surface area contributed by atoms with Gasteiger partial charge in [0.05, 0.1) is 0 Å². The zero-order valence-electron chi connectivity index (χ0n) is 7.80. The molecular formula is C10H11NO2S. The van der Waals surface area contributed by atoms with E-state index in [1.807, 2.05) is 30.3 Å². The van der Waals surface area contributed by atoms with Crippen molar-refractivity contribution in [2.45, 2.75) is 18.2 Å². The Kier molecular flexibility index (Phi) is 4.19. The molecule has 74 valence electrons. The molecule has 1 N–H and O–H groups in total. The largest absolute Gasteiger partial charge is 0.410 e. The Balaban J connectivity index is 2.73. The highest BCUT2D eigenvalue weighted by molar-refractivity contribution is 8.15. The van der Waals surface area contributed by atoms with Gasteiger partial charge in [0.15, 0.2) is 10.8 Å². The minimum Gasteiger partial charge on any atom is -0.410 e. The summed E-state index contributed by atoms with van der Waals surface area (Å²) in [5.41, 5.74) is 0. The van der Waals surface area contributed by atoms with Gasteiger partial charge in [-0.15, -0.1) is 0 Å². The molecule has 4 heteroatoms. The van der Waals surface area contributed by atoms with Gasteiger partial charge in [-0.05, 0) is 12.1 Å². The van der Waals surface area contributed by atoms with E-state index in [4.69, 9.17) is 5.21 Å². The van der Waals surface area contributed by atoms with E-state index in [9.17, 15) is 4.79 Å². The number of benzene rings is 1. The van der Waals surface area contributed by atoms with Gasteiger partial charge in [0.1, 0.15) is 0 Å². The molecule has 0 saturated heterocycles. The first kappa shape index (κ1) is 10.8. The van der Waals surface area contributed by atoms with Crippen molar-refractivity contribution < 1.29 is 10.0 Å². The molecule has 0 aliphatic rings. The minimum atomic E-state index is -0.152. The van der Waals surface area contributed by atoms with Crippen molar-refractivity contribution in [2.75, 3.05) is 0 Å². The monoisotopic (exact) mass is 209 g/mol. The standard InChI is InChI=1S/C10H11NO2S/c1-2-9(12)10(11-13)14-8-6-4-3-5-7-8/h3-7,13H,2H2,1H3/b11-10-. The van der Waals surface area contributed by atoms with Crippen LogP contribution in [-0.2, 0) is 4.79 Å². The highest BCUT2D eigenvalue weighted by Crippen LogP contribution is 2.19. The summed E-state index contributed by atoms with van der Waals surface area (Å²) >= 11 is 1.17. The number of carbonyl (C=O) groups excluding carboxylic acids is 1. The molecule has 0 saturated carbocycles. The number of oxime groups is 1. The lowest BCUT2D eigenvalue weighted by molar-refractivity contribution is -0.112. The summed E-state index contributed by atoms with van der Waals surface area (Å²) in [6, 6.07) is 9.35. The molecule has 1 aromatic rings. The van der Waals surface area contributed by atoms with Gasteiger partial charge in [0, 0.05) is 11.3 Å². The third-order valence-electron chi connectivity index (χ3n) is 1.61. The highest BCUT2D eigenvalue weighted by atomic mass is 32.2. The maximum absolute atomic E-state index is 11.2. The number of hydrogen-bond donors (Lipinski definition) is 1. The Labute approximate surface area is 86.8 Å². The molecule has 0 spiro atoms. The number of thioether (sulfide) groups is 1. The summed E-state index contributed by atoms with van der Waals surface area (Å²) in [5.74, 6) is -0.152. The second kappa shape index (κ2) is 5.44. The van der Waals surface area contributed by atoms with Crippen LogP contribution in [0, 0.1) is 0 Å². The van der Waals surface area contributed by atoms with Crippen LogP contribution >= 0.6 is 11.8 Å². The molecule has 0 radical (unpaired) electrons. The fourth-order valence-corrected chi connectivity index (χ4v) is 1.70. The maximum Gasteiger partial charge on any atom is 0.191 e. The van der Waals surface area contributed by atoms with E-state index in [-0.39, 0.29) is 10.8 Å². The van der Waals surface area contributed by atoms with Crippen molar-refractivity contribution in [1.82, 2.24) is 0 Å². The quantitative estimate of drug-likeness (QED) is 0.273. The van der Waals surface area contributed by atoms with E-state index in [0.29, 0.717) is 6.42 Å². The van der Waals surface area contributed by atoms with Crippen molar-refractivity contribution in [2.24, 2.45) is 5.16 Å². The first-order valence-corrected chi connectivity index (χ1v) is 5.07. The number of Topliss-reactive ketones (excluding diaryl/α,β-unsaturated/α-hetero) is 1. The van der Waals surface area contributed by atoms with Gasteiger partial charge < -0.3 is 5.21 Å². The zero-order valence-corrected chi connectivity index (χ0v) is 8.62. The molecule has 0 unspecified atom stereocenters. The topological polar surface area (TPSA) is 49.7 Å². The molecule has 0 aliphatic carbocycles. The summed E-state index contributed by atoms with van der Waals surface area (Å²) in [7, 11) is 0. The smallest absolute Gasteiger partial charge is 0.191 e. The molecule has 0 fully saturated rings. The van der Waals surface area contributed by atoms with Gasteiger partial charge in [0.2, 0.25) is 0 Å². The second-order valence-corrected chi connectivity index (χ2v) is 3.66. The van der Waals surface area contributed by atoms with Gasteiger partial charge in [-0.25, -0.2) is 0 Å². The average Bonchev–Trinajstić information content (AvgIpc) is 2.26. The Hall–Kier alpha value is -1.29. The van der Waals surface area contributed by atoms with Crippen molar-refractivity contribution in [3.05, 3.63) is 30.3 Å². The van der Waals surface area contributed by atoms with Crippen molar-refractivity contribution in [3.8, 4) is 0 Å². The summed E-state index contributed by atoms with van der Waals surface area (Å²) in [6.45, 7) is 1.74. The predicted molar refractivity (Wildman–Crippen MR) is 56.8 cm³/mol. The van der Waals surface area contributed by atoms with E-state index >= 15 is 0 Å². The van der Waals surface area contributed by atoms with Crippen LogP contribution in [-0.4, -0.2) is 16.0 Å². The van der Waals surface area contributed by atoms with Gasteiger partial charge in [-0.2, -0.15) is 0 Å². The van der Waals surface area contributed by atoms with Crippen LogP contribution < -0.4 is 0 Å². The van der Waals surface area contributed by atoms with Crippen LogP contribution in [0.15, 0.2) is 40.4 Å². The van der Waals surface area contributed by atoms with Crippen LogP contribution in [0.4, 0.5) is 0 Å². The number of rotatable bonds is 3. The molecule has 1 aromatic carbocycles. The van der Waals surface area contributed by atoms with E-state index in [1.54, 1.807) is 6.92 Å². The highest BCUT2D eigenvalue weighted by Gasteiger charge is 2.11. The lowest BCUT2D eigenvalue weighted by Gasteiger charge is -2.00. The second-order valence-electron chi connectivity index (χ2n) is 2.60. The normalized spacial score (nSPS) is 11.4.